The second kappa shape index (κ2) is 52.8. The Kier molecular flexibility index (Phi) is 50.2. The van der Waals surface area contributed by atoms with Crippen molar-refractivity contribution in [2.45, 2.75) is 346 Å². The van der Waals surface area contributed by atoms with Crippen LogP contribution in [0.25, 0.3) is 0 Å². The highest BCUT2D eigenvalue weighted by atomic mass is 16.7. The van der Waals surface area contributed by atoms with Crippen molar-refractivity contribution < 1.29 is 39.8 Å². The molecule has 0 aromatic carbocycles. The number of hydrogen-bond donors (Lipinski definition) is 6. The summed E-state index contributed by atoms with van der Waals surface area (Å²) in [6.07, 6.45) is 62.5. The number of aliphatic hydroxyl groups is 5. The molecule has 7 unspecified atom stereocenters. The number of carbonyl (C=O) groups excluding carboxylic acids is 1. The average molecular weight is 1020 g/mol. The van der Waals surface area contributed by atoms with E-state index in [-0.39, 0.29) is 12.5 Å². The fourth-order valence-electron chi connectivity index (χ4n) is 9.99. The third-order valence-electron chi connectivity index (χ3n) is 14.9. The number of amides is 1. The number of rotatable bonds is 54. The summed E-state index contributed by atoms with van der Waals surface area (Å²) in [5, 5.41) is 54.4. The minimum atomic E-state index is -1.57. The first-order valence-electron chi connectivity index (χ1n) is 31.2. The number of allylic oxidation sites excluding steroid dienone is 5. The molecule has 1 saturated heterocycles. The van der Waals surface area contributed by atoms with Crippen molar-refractivity contribution in [3.8, 4) is 0 Å². The molecular weight excluding hydrogens is 899 g/mol. The monoisotopic (exact) mass is 1020 g/mol. The van der Waals surface area contributed by atoms with Gasteiger partial charge in [0.05, 0.1) is 25.4 Å². The smallest absolute Gasteiger partial charge is 0.220 e. The highest BCUT2D eigenvalue weighted by molar-refractivity contribution is 5.76. The van der Waals surface area contributed by atoms with Crippen LogP contribution in [0.2, 0.25) is 0 Å². The van der Waals surface area contributed by atoms with Crippen LogP contribution in [0.1, 0.15) is 303 Å². The van der Waals surface area contributed by atoms with E-state index in [9.17, 15) is 30.3 Å². The van der Waals surface area contributed by atoms with Crippen LogP contribution >= 0.6 is 0 Å². The zero-order valence-corrected chi connectivity index (χ0v) is 47.2. The van der Waals surface area contributed by atoms with Crippen molar-refractivity contribution in [2.75, 3.05) is 13.2 Å². The molecule has 72 heavy (non-hydrogen) atoms. The molecule has 0 saturated carbocycles. The van der Waals surface area contributed by atoms with E-state index >= 15 is 0 Å². The maximum absolute atomic E-state index is 13.0. The Hall–Kier alpha value is -1.59. The lowest BCUT2D eigenvalue weighted by Crippen LogP contribution is -2.60. The second-order valence-corrected chi connectivity index (χ2v) is 21.8. The van der Waals surface area contributed by atoms with Crippen LogP contribution in [0.3, 0.4) is 0 Å². The number of unbranched alkanes of at least 4 members (excludes halogenated alkanes) is 40. The number of carbonyl (C=O) groups is 1. The van der Waals surface area contributed by atoms with Gasteiger partial charge >= 0.3 is 0 Å². The van der Waals surface area contributed by atoms with Crippen LogP contribution in [0, 0.1) is 0 Å². The molecule has 0 radical (unpaired) electrons. The molecule has 7 atom stereocenters. The van der Waals surface area contributed by atoms with Crippen molar-refractivity contribution in [3.63, 3.8) is 0 Å². The van der Waals surface area contributed by atoms with Gasteiger partial charge in [-0.3, -0.25) is 4.79 Å². The van der Waals surface area contributed by atoms with E-state index in [1.54, 1.807) is 6.08 Å². The van der Waals surface area contributed by atoms with Gasteiger partial charge in [0.2, 0.25) is 5.91 Å². The molecule has 1 rings (SSSR count). The minimum absolute atomic E-state index is 0.183. The van der Waals surface area contributed by atoms with Gasteiger partial charge in [0.1, 0.15) is 24.4 Å². The molecular formula is C63H119NO8. The Morgan fingerprint density at radius 1 is 0.458 bits per heavy atom. The van der Waals surface area contributed by atoms with Gasteiger partial charge in [-0.05, 0) is 57.8 Å². The molecule has 1 aliphatic rings. The predicted octanol–water partition coefficient (Wildman–Crippen LogP) is 15.9. The summed E-state index contributed by atoms with van der Waals surface area (Å²) in [6, 6.07) is -0.820. The third kappa shape index (κ3) is 41.6. The van der Waals surface area contributed by atoms with E-state index in [0.29, 0.717) is 6.42 Å². The molecule has 9 nitrogen and oxygen atoms in total. The lowest BCUT2D eigenvalue weighted by atomic mass is 9.99. The van der Waals surface area contributed by atoms with E-state index in [1.165, 1.54) is 244 Å². The molecule has 1 amide bonds. The first-order valence-corrected chi connectivity index (χ1v) is 31.2. The average Bonchev–Trinajstić information content (AvgIpc) is 3.38. The van der Waals surface area contributed by atoms with E-state index in [1.807, 2.05) is 6.08 Å². The van der Waals surface area contributed by atoms with Crippen LogP contribution in [0.15, 0.2) is 36.5 Å². The largest absolute Gasteiger partial charge is 0.394 e. The molecule has 1 aliphatic heterocycles. The topological polar surface area (TPSA) is 149 Å². The van der Waals surface area contributed by atoms with Gasteiger partial charge in [-0.1, -0.05) is 275 Å². The van der Waals surface area contributed by atoms with E-state index in [2.05, 4.69) is 43.5 Å². The SMILES string of the molecule is CCCCCCCCCC/C=C/CC/C=C/C(O)C(COC1OC(CO)C(O)C(O)C1O)NC(=O)CCCCCCCCCCCCCCCCCCC/C=C\CCCCCCCCCCCCCCCC. The number of aliphatic hydroxyl groups excluding tert-OH is 5. The summed E-state index contributed by atoms with van der Waals surface area (Å²) in [6.45, 7) is 3.78. The predicted molar refractivity (Wildman–Crippen MR) is 304 cm³/mol. The van der Waals surface area contributed by atoms with Crippen LogP contribution in [0.5, 0.6) is 0 Å². The number of ether oxygens (including phenoxy) is 2. The molecule has 0 aromatic rings. The lowest BCUT2D eigenvalue weighted by molar-refractivity contribution is -0.302. The fourth-order valence-corrected chi connectivity index (χ4v) is 9.99. The van der Waals surface area contributed by atoms with Gasteiger partial charge in [0.15, 0.2) is 6.29 Å². The zero-order chi connectivity index (χ0) is 52.2. The van der Waals surface area contributed by atoms with Crippen molar-refractivity contribution in [3.05, 3.63) is 36.5 Å². The number of hydrogen-bond acceptors (Lipinski definition) is 8. The first-order chi connectivity index (χ1) is 35.3. The Bertz CT molecular complexity index is 1230. The highest BCUT2D eigenvalue weighted by Gasteiger charge is 2.44. The van der Waals surface area contributed by atoms with Gasteiger partial charge < -0.3 is 40.3 Å². The lowest BCUT2D eigenvalue weighted by Gasteiger charge is -2.40. The summed E-state index contributed by atoms with van der Waals surface area (Å²) >= 11 is 0. The molecule has 0 bridgehead atoms. The Labute approximate surface area is 444 Å². The molecule has 0 spiro atoms. The molecule has 9 heteroatoms. The van der Waals surface area contributed by atoms with Crippen molar-refractivity contribution in [1.82, 2.24) is 5.32 Å². The van der Waals surface area contributed by atoms with Crippen molar-refractivity contribution >= 4 is 5.91 Å². The second-order valence-electron chi connectivity index (χ2n) is 21.8. The van der Waals surface area contributed by atoms with Gasteiger partial charge in [0, 0.05) is 6.42 Å². The summed E-state index contributed by atoms with van der Waals surface area (Å²) in [7, 11) is 0. The molecule has 6 N–H and O–H groups in total. The normalized spacial score (nSPS) is 19.3. The van der Waals surface area contributed by atoms with Crippen LogP contribution in [0.4, 0.5) is 0 Å². The van der Waals surface area contributed by atoms with Crippen LogP contribution in [-0.2, 0) is 14.3 Å². The summed E-state index contributed by atoms with van der Waals surface area (Å²) < 4.78 is 11.2. The molecule has 1 fully saturated rings. The minimum Gasteiger partial charge on any atom is -0.394 e. The fraction of sp³-hybridized carbons (Fsp3) is 0.889. The summed E-state index contributed by atoms with van der Waals surface area (Å²) in [5.41, 5.74) is 0. The standard InChI is InChI=1S/C63H119NO8/c1-3-5-7-9-11-13-15-17-19-20-21-22-23-24-25-26-27-28-29-30-31-32-33-34-35-36-37-38-39-41-43-45-47-49-51-53-59(67)64-56(55-71-63-62(70)61(69)60(68)58(54-65)72-63)57(66)52-50-48-46-44-42-40-18-16-14-12-10-8-6-4-2/h26-27,42,44,50,52,56-58,60-63,65-66,68-70H,3-25,28-41,43,45-49,51,53-55H2,1-2H3,(H,64,67)/b27-26-,44-42+,52-50+. The Morgan fingerprint density at radius 2 is 0.792 bits per heavy atom. The maximum atomic E-state index is 13.0. The van der Waals surface area contributed by atoms with Crippen molar-refractivity contribution in [1.29, 1.82) is 0 Å². The number of nitrogens with one attached hydrogen (secondary N) is 1. The highest BCUT2D eigenvalue weighted by Crippen LogP contribution is 2.23. The van der Waals surface area contributed by atoms with Gasteiger partial charge in [-0.2, -0.15) is 0 Å². The molecule has 0 aromatic heterocycles. The molecule has 424 valence electrons. The van der Waals surface area contributed by atoms with Gasteiger partial charge in [-0.15, -0.1) is 0 Å². The van der Waals surface area contributed by atoms with Gasteiger partial charge in [0.25, 0.3) is 0 Å². The third-order valence-corrected chi connectivity index (χ3v) is 14.9. The quantitative estimate of drug-likeness (QED) is 0.0261. The van der Waals surface area contributed by atoms with E-state index < -0.39 is 49.5 Å². The summed E-state index contributed by atoms with van der Waals surface area (Å²) in [4.78, 5) is 13.0. The van der Waals surface area contributed by atoms with Crippen LogP contribution in [-0.4, -0.2) is 87.5 Å². The molecule has 1 heterocycles. The molecule has 0 aliphatic carbocycles. The van der Waals surface area contributed by atoms with Gasteiger partial charge in [-0.25, -0.2) is 0 Å². The van der Waals surface area contributed by atoms with E-state index in [4.69, 9.17) is 9.47 Å². The van der Waals surface area contributed by atoms with E-state index in [0.717, 1.165) is 38.5 Å². The maximum Gasteiger partial charge on any atom is 0.220 e. The summed E-state index contributed by atoms with van der Waals surface area (Å²) in [5.74, 6) is -0.183. The van der Waals surface area contributed by atoms with Crippen LogP contribution < -0.4 is 5.32 Å². The Morgan fingerprint density at radius 3 is 1.17 bits per heavy atom. The Balaban J connectivity index is 2.09. The first kappa shape index (κ1) is 68.4. The zero-order valence-electron chi connectivity index (χ0n) is 47.2. The van der Waals surface area contributed by atoms with Crippen molar-refractivity contribution in [2.24, 2.45) is 0 Å².